The topological polar surface area (TPSA) is 26.3 Å². The molecule has 2 unspecified atom stereocenters. The fraction of sp³-hybridized carbons (Fsp3) is 0.632. The lowest BCUT2D eigenvalue weighted by molar-refractivity contribution is 0.00335. The molecule has 2 nitrogen and oxygen atoms in total. The highest BCUT2D eigenvalue weighted by molar-refractivity contribution is 5.99. The molecule has 2 heteroatoms. The number of benzene rings is 1. The average Bonchev–Trinajstić information content (AvgIpc) is 2.48. The first-order chi connectivity index (χ1) is 10.0. The highest BCUT2D eigenvalue weighted by Gasteiger charge is 2.53. The minimum absolute atomic E-state index is 0.144. The number of carbonyl (C=O) groups excluding carboxylic acids is 1. The Labute approximate surface area is 127 Å². The summed E-state index contributed by atoms with van der Waals surface area (Å²) >= 11 is 0. The van der Waals surface area contributed by atoms with Gasteiger partial charge in [-0.1, -0.05) is 44.5 Å². The number of hydrogen-bond donors (Lipinski definition) is 0. The van der Waals surface area contributed by atoms with Crippen LogP contribution in [0.15, 0.2) is 24.3 Å². The van der Waals surface area contributed by atoms with Crippen molar-refractivity contribution in [3.05, 3.63) is 35.4 Å². The van der Waals surface area contributed by atoms with Crippen molar-refractivity contribution in [3.63, 3.8) is 0 Å². The Bertz CT molecular complexity index is 550. The maximum Gasteiger partial charge on any atom is 0.163 e. The van der Waals surface area contributed by atoms with Crippen LogP contribution in [0.25, 0.3) is 0 Å². The van der Waals surface area contributed by atoms with E-state index in [4.69, 9.17) is 4.74 Å². The van der Waals surface area contributed by atoms with Gasteiger partial charge in [-0.2, -0.15) is 0 Å². The number of ketones is 1. The molecule has 3 rings (SSSR count). The van der Waals surface area contributed by atoms with Crippen molar-refractivity contribution in [3.8, 4) is 0 Å². The number of ether oxygens (including phenoxy) is 1. The molecular weight excluding hydrogens is 260 g/mol. The predicted molar refractivity (Wildman–Crippen MR) is 84.7 cm³/mol. The minimum atomic E-state index is 0.144. The van der Waals surface area contributed by atoms with E-state index in [1.807, 2.05) is 12.1 Å². The van der Waals surface area contributed by atoms with E-state index in [0.717, 1.165) is 18.6 Å². The van der Waals surface area contributed by atoms with Crippen molar-refractivity contribution in [2.45, 2.75) is 51.4 Å². The Kier molecular flexibility index (Phi) is 3.69. The molecule has 2 aliphatic carbocycles. The van der Waals surface area contributed by atoms with Crippen LogP contribution in [0, 0.1) is 11.3 Å². The number of Topliss-reactive ketones (excluding diaryl/α,β-unsaturated/α-hetero) is 1. The highest BCUT2D eigenvalue weighted by Crippen LogP contribution is 2.58. The fourth-order valence-electron chi connectivity index (χ4n) is 4.93. The molecule has 0 saturated heterocycles. The van der Waals surface area contributed by atoms with Gasteiger partial charge in [0.05, 0.1) is 0 Å². The van der Waals surface area contributed by atoms with E-state index in [9.17, 15) is 4.79 Å². The number of hydrogen-bond acceptors (Lipinski definition) is 2. The van der Waals surface area contributed by atoms with Gasteiger partial charge >= 0.3 is 0 Å². The molecule has 114 valence electrons. The van der Waals surface area contributed by atoms with Gasteiger partial charge in [-0.15, -0.1) is 0 Å². The monoisotopic (exact) mass is 286 g/mol. The highest BCUT2D eigenvalue weighted by atomic mass is 16.5. The second-order valence-corrected chi connectivity index (χ2v) is 7.39. The van der Waals surface area contributed by atoms with Crippen LogP contribution in [-0.2, 0) is 10.2 Å². The molecule has 0 radical (unpaired) electrons. The average molecular weight is 286 g/mol. The van der Waals surface area contributed by atoms with E-state index in [2.05, 4.69) is 26.0 Å². The van der Waals surface area contributed by atoms with E-state index in [1.165, 1.54) is 24.8 Å². The molecule has 0 aromatic heterocycles. The summed E-state index contributed by atoms with van der Waals surface area (Å²) in [5.41, 5.74) is 2.61. The van der Waals surface area contributed by atoms with Crippen LogP contribution >= 0.6 is 0 Å². The van der Waals surface area contributed by atoms with E-state index < -0.39 is 0 Å². The van der Waals surface area contributed by atoms with E-state index in [1.54, 1.807) is 7.11 Å². The van der Waals surface area contributed by atoms with Gasteiger partial charge in [0.1, 0.15) is 0 Å². The summed E-state index contributed by atoms with van der Waals surface area (Å²) < 4.78 is 5.33. The van der Waals surface area contributed by atoms with Crippen molar-refractivity contribution in [1.29, 1.82) is 0 Å². The summed E-state index contributed by atoms with van der Waals surface area (Å²) in [7, 11) is 1.77. The molecule has 1 saturated carbocycles. The van der Waals surface area contributed by atoms with E-state index in [-0.39, 0.29) is 10.8 Å². The molecular formula is C19H26O2. The number of fused-ring (bicyclic) bond motifs is 3. The number of carbonyl (C=O) groups is 1. The molecule has 0 heterocycles. The predicted octanol–water partition coefficient (Wildman–Crippen LogP) is 4.37. The Hall–Kier alpha value is -1.15. The third-order valence-electron chi connectivity index (χ3n) is 6.16. The third kappa shape index (κ3) is 2.24. The lowest BCUT2D eigenvalue weighted by Gasteiger charge is -2.55. The fourth-order valence-corrected chi connectivity index (χ4v) is 4.93. The summed E-state index contributed by atoms with van der Waals surface area (Å²) in [6, 6.07) is 8.27. The lowest BCUT2D eigenvalue weighted by atomic mass is 9.49. The van der Waals surface area contributed by atoms with E-state index >= 15 is 0 Å². The smallest absolute Gasteiger partial charge is 0.163 e. The standard InChI is InChI=1S/C19H26O2/c1-18(11-12-21-3)9-6-10-19(2)15-8-5-4-7-14(15)16(20)13-17(18)19/h4-5,7-8,17H,6,9-13H2,1-3H3/t17-,18?,19?/m0/s1. The zero-order chi connectivity index (χ0) is 15.1. The Morgan fingerprint density at radius 2 is 2.00 bits per heavy atom. The Morgan fingerprint density at radius 1 is 1.24 bits per heavy atom. The van der Waals surface area contributed by atoms with Crippen LogP contribution in [0.2, 0.25) is 0 Å². The summed E-state index contributed by atoms with van der Waals surface area (Å²) in [6.07, 6.45) is 5.42. The second kappa shape index (κ2) is 5.24. The van der Waals surface area contributed by atoms with Crippen LogP contribution in [0.5, 0.6) is 0 Å². The van der Waals surface area contributed by atoms with Crippen LogP contribution in [0.1, 0.15) is 61.9 Å². The summed E-state index contributed by atoms with van der Waals surface area (Å²) in [4.78, 5) is 12.6. The lowest BCUT2D eigenvalue weighted by Crippen LogP contribution is -2.50. The maximum absolute atomic E-state index is 12.6. The second-order valence-electron chi connectivity index (χ2n) is 7.39. The number of methoxy groups -OCH3 is 1. The van der Waals surface area contributed by atoms with Gasteiger partial charge in [0.2, 0.25) is 0 Å². The van der Waals surface area contributed by atoms with Crippen LogP contribution in [0.3, 0.4) is 0 Å². The molecule has 1 aromatic rings. The van der Waals surface area contributed by atoms with Crippen molar-refractivity contribution >= 4 is 5.78 Å². The normalized spacial score (nSPS) is 35.2. The molecule has 0 N–H and O–H groups in total. The molecule has 2 aliphatic rings. The van der Waals surface area contributed by atoms with Gasteiger partial charge in [-0.05, 0) is 41.6 Å². The molecule has 0 amide bonds. The van der Waals surface area contributed by atoms with Gasteiger partial charge in [-0.25, -0.2) is 0 Å². The first kappa shape index (κ1) is 14.8. The van der Waals surface area contributed by atoms with Crippen LogP contribution < -0.4 is 0 Å². The first-order valence-corrected chi connectivity index (χ1v) is 8.13. The van der Waals surface area contributed by atoms with Gasteiger partial charge in [0.25, 0.3) is 0 Å². The van der Waals surface area contributed by atoms with E-state index in [0.29, 0.717) is 18.1 Å². The van der Waals surface area contributed by atoms with Crippen LogP contribution in [0.4, 0.5) is 0 Å². The SMILES string of the molecule is COCCC1(C)CCCC2(C)c3ccccc3C(=O)C[C@@H]12. The van der Waals surface area contributed by atoms with Crippen molar-refractivity contribution in [1.82, 2.24) is 0 Å². The van der Waals surface area contributed by atoms with Gasteiger partial charge in [-0.3, -0.25) is 4.79 Å². The molecule has 0 bridgehead atoms. The van der Waals surface area contributed by atoms with Gasteiger partial charge < -0.3 is 4.74 Å². The summed E-state index contributed by atoms with van der Waals surface area (Å²) in [5.74, 6) is 0.773. The molecule has 0 spiro atoms. The third-order valence-corrected chi connectivity index (χ3v) is 6.16. The Morgan fingerprint density at radius 3 is 2.76 bits per heavy atom. The molecule has 1 fully saturated rings. The molecule has 0 aliphatic heterocycles. The minimum Gasteiger partial charge on any atom is -0.385 e. The zero-order valence-corrected chi connectivity index (χ0v) is 13.4. The molecule has 3 atom stereocenters. The zero-order valence-electron chi connectivity index (χ0n) is 13.4. The Balaban J connectivity index is 2.04. The van der Waals surface area contributed by atoms with Gasteiger partial charge in [0.15, 0.2) is 5.78 Å². The molecule has 1 aromatic carbocycles. The van der Waals surface area contributed by atoms with Crippen LogP contribution in [-0.4, -0.2) is 19.5 Å². The molecule has 21 heavy (non-hydrogen) atoms. The first-order valence-electron chi connectivity index (χ1n) is 8.13. The van der Waals surface area contributed by atoms with Gasteiger partial charge in [0, 0.05) is 25.7 Å². The van der Waals surface area contributed by atoms with Crippen molar-refractivity contribution < 1.29 is 9.53 Å². The summed E-state index contributed by atoms with van der Waals surface area (Å²) in [6.45, 7) is 5.54. The largest absolute Gasteiger partial charge is 0.385 e. The quantitative estimate of drug-likeness (QED) is 0.824. The van der Waals surface area contributed by atoms with Crippen molar-refractivity contribution in [2.75, 3.05) is 13.7 Å². The maximum atomic E-state index is 12.6. The summed E-state index contributed by atoms with van der Waals surface area (Å²) in [5, 5.41) is 0. The number of rotatable bonds is 3. The van der Waals surface area contributed by atoms with Crippen molar-refractivity contribution in [2.24, 2.45) is 11.3 Å².